The summed E-state index contributed by atoms with van der Waals surface area (Å²) in [6.07, 6.45) is 26.5. The van der Waals surface area contributed by atoms with Crippen LogP contribution in [0.15, 0.2) is 24.3 Å². The number of aliphatic hydroxyl groups is 7. The molecule has 1 rings (SSSR count). The van der Waals surface area contributed by atoms with E-state index in [1.807, 2.05) is 0 Å². The molecule has 9 atom stereocenters. The molecule has 330 valence electrons. The predicted molar refractivity (Wildman–Crippen MR) is 224 cm³/mol. The largest absolute Gasteiger partial charge is 0.394 e. The molecule has 0 bridgehead atoms. The Balaban J connectivity index is 2.48. The molecule has 1 fully saturated rings. The molecule has 1 heterocycles. The van der Waals surface area contributed by atoms with Crippen LogP contribution in [0.5, 0.6) is 0 Å². The lowest BCUT2D eigenvalue weighted by atomic mass is 9.98. The van der Waals surface area contributed by atoms with Crippen molar-refractivity contribution in [2.24, 2.45) is 0 Å². The lowest BCUT2D eigenvalue weighted by Gasteiger charge is -2.40. The van der Waals surface area contributed by atoms with Gasteiger partial charge < -0.3 is 50.5 Å². The Morgan fingerprint density at radius 3 is 1.57 bits per heavy atom. The van der Waals surface area contributed by atoms with E-state index in [9.17, 15) is 40.5 Å². The second-order valence-electron chi connectivity index (χ2n) is 16.1. The van der Waals surface area contributed by atoms with Gasteiger partial charge in [0.2, 0.25) is 5.91 Å². The molecule has 0 radical (unpaired) electrons. The third-order valence-electron chi connectivity index (χ3n) is 11.0. The average molecular weight is 800 g/mol. The molecule has 1 aliphatic rings. The van der Waals surface area contributed by atoms with Gasteiger partial charge in [-0.1, -0.05) is 154 Å². The first-order chi connectivity index (χ1) is 27.2. The van der Waals surface area contributed by atoms with Crippen LogP contribution in [0.2, 0.25) is 0 Å². The van der Waals surface area contributed by atoms with Gasteiger partial charge in [-0.05, 0) is 57.8 Å². The summed E-state index contributed by atoms with van der Waals surface area (Å²) < 4.78 is 11.1. The predicted octanol–water partition coefficient (Wildman–Crippen LogP) is 7.06. The topological polar surface area (TPSA) is 189 Å². The quantitative estimate of drug-likeness (QED) is 0.0239. The van der Waals surface area contributed by atoms with Gasteiger partial charge in [0.25, 0.3) is 0 Å². The number of nitrogens with one attached hydrogen (secondary N) is 1. The Hall–Kier alpha value is -1.41. The Morgan fingerprint density at radius 2 is 1.07 bits per heavy atom. The van der Waals surface area contributed by atoms with Crippen molar-refractivity contribution in [2.75, 3.05) is 13.2 Å². The SMILES string of the molecule is CCC/C=C\CCCCCCCCCCCC[C@@H](O)C(=O)N[C@@H](CO[C@@H]1O[C@H](CO)[C@@H](O)[C@H](O)[C@H]1O)[C@H](O)[C@H](O)CCCCCC/C=C\CCCCCCCC. The number of ether oxygens (including phenoxy) is 2. The summed E-state index contributed by atoms with van der Waals surface area (Å²) in [4.78, 5) is 13.1. The molecule has 11 nitrogen and oxygen atoms in total. The smallest absolute Gasteiger partial charge is 0.249 e. The van der Waals surface area contributed by atoms with Crippen molar-refractivity contribution in [1.82, 2.24) is 5.32 Å². The number of carbonyl (C=O) groups is 1. The van der Waals surface area contributed by atoms with Crippen molar-refractivity contribution in [2.45, 2.75) is 242 Å². The van der Waals surface area contributed by atoms with Crippen LogP contribution in [-0.4, -0.2) is 110 Å². The average Bonchev–Trinajstić information content (AvgIpc) is 3.20. The molecule has 0 saturated carbocycles. The Bertz CT molecular complexity index is 965. The number of amides is 1. The summed E-state index contributed by atoms with van der Waals surface area (Å²) in [6, 6.07) is -1.17. The maximum absolute atomic E-state index is 13.1. The normalized spacial score (nSPS) is 22.5. The van der Waals surface area contributed by atoms with E-state index in [-0.39, 0.29) is 6.42 Å². The zero-order valence-corrected chi connectivity index (χ0v) is 35.4. The van der Waals surface area contributed by atoms with Gasteiger partial charge in [0, 0.05) is 0 Å². The number of hydrogen-bond donors (Lipinski definition) is 8. The molecule has 0 aromatic heterocycles. The maximum atomic E-state index is 13.1. The minimum atomic E-state index is -1.66. The fourth-order valence-electron chi connectivity index (χ4n) is 7.14. The Kier molecular flexibility index (Phi) is 33.4. The van der Waals surface area contributed by atoms with Gasteiger partial charge in [-0.25, -0.2) is 0 Å². The molecule has 0 spiro atoms. The van der Waals surface area contributed by atoms with E-state index in [0.717, 1.165) is 51.4 Å². The highest BCUT2D eigenvalue weighted by Gasteiger charge is 2.44. The third-order valence-corrected chi connectivity index (χ3v) is 11.0. The first kappa shape index (κ1) is 52.6. The lowest BCUT2D eigenvalue weighted by molar-refractivity contribution is -0.303. The van der Waals surface area contributed by atoms with Crippen molar-refractivity contribution in [3.05, 3.63) is 24.3 Å². The minimum absolute atomic E-state index is 0.256. The van der Waals surface area contributed by atoms with Crippen molar-refractivity contribution in [3.8, 4) is 0 Å². The van der Waals surface area contributed by atoms with Gasteiger partial charge in [-0.2, -0.15) is 0 Å². The van der Waals surface area contributed by atoms with Crippen LogP contribution >= 0.6 is 0 Å². The van der Waals surface area contributed by atoms with Gasteiger partial charge in [0.05, 0.1) is 25.4 Å². The van der Waals surface area contributed by atoms with Gasteiger partial charge in [0.1, 0.15) is 36.6 Å². The summed E-state index contributed by atoms with van der Waals surface area (Å²) in [7, 11) is 0. The molecule has 0 aromatic rings. The van der Waals surface area contributed by atoms with Crippen LogP contribution in [-0.2, 0) is 14.3 Å². The van der Waals surface area contributed by atoms with Crippen molar-refractivity contribution in [1.29, 1.82) is 0 Å². The highest BCUT2D eigenvalue weighted by Crippen LogP contribution is 2.23. The molecule has 0 aliphatic carbocycles. The Morgan fingerprint density at radius 1 is 0.607 bits per heavy atom. The van der Waals surface area contributed by atoms with Crippen LogP contribution < -0.4 is 5.32 Å². The molecule has 1 saturated heterocycles. The lowest BCUT2D eigenvalue weighted by Crippen LogP contribution is -2.60. The van der Waals surface area contributed by atoms with Crippen LogP contribution in [0, 0.1) is 0 Å². The molecule has 1 aliphatic heterocycles. The number of hydrogen-bond acceptors (Lipinski definition) is 10. The number of unbranched alkanes of at least 4 members (excludes halogenated alkanes) is 21. The second kappa shape index (κ2) is 35.5. The molecule has 8 N–H and O–H groups in total. The number of carbonyl (C=O) groups excluding carboxylic acids is 1. The monoisotopic (exact) mass is 800 g/mol. The molecule has 1 amide bonds. The van der Waals surface area contributed by atoms with E-state index >= 15 is 0 Å². The van der Waals surface area contributed by atoms with Gasteiger partial charge in [-0.15, -0.1) is 0 Å². The van der Waals surface area contributed by atoms with Gasteiger partial charge in [-0.3, -0.25) is 4.79 Å². The summed E-state index contributed by atoms with van der Waals surface area (Å²) in [5, 5.41) is 75.6. The van der Waals surface area contributed by atoms with E-state index < -0.39 is 74.2 Å². The molecule has 56 heavy (non-hydrogen) atoms. The van der Waals surface area contributed by atoms with Crippen LogP contribution in [0.3, 0.4) is 0 Å². The van der Waals surface area contributed by atoms with E-state index in [4.69, 9.17) is 9.47 Å². The molecule has 11 heteroatoms. The standard InChI is InChI=1S/C45H85NO10/c1-3-5-7-9-11-13-15-17-19-21-23-25-27-29-31-33-38(49)44(54)46-36(35-55-45-43(53)42(52)41(51)39(34-47)56-45)40(50)37(48)32-30-28-26-24-22-20-18-16-14-12-10-8-6-4-2/h7,9,18,20,36-43,45,47-53H,3-6,8,10-17,19,21-35H2,1-2H3,(H,46,54)/b9-7-,20-18-/t36-,37+,38+,39+,40-,41+,42-,43+,45+/m0/s1. The molecule has 0 unspecified atom stereocenters. The number of allylic oxidation sites excluding steroid dienone is 4. The van der Waals surface area contributed by atoms with Gasteiger partial charge in [0.15, 0.2) is 6.29 Å². The minimum Gasteiger partial charge on any atom is -0.394 e. The maximum Gasteiger partial charge on any atom is 0.249 e. The zero-order chi connectivity index (χ0) is 41.2. The summed E-state index contributed by atoms with van der Waals surface area (Å²) in [5.74, 6) is -0.705. The van der Waals surface area contributed by atoms with Crippen LogP contribution in [0.1, 0.15) is 187 Å². The van der Waals surface area contributed by atoms with Crippen LogP contribution in [0.4, 0.5) is 0 Å². The molecular formula is C45H85NO10. The van der Waals surface area contributed by atoms with Crippen LogP contribution in [0.25, 0.3) is 0 Å². The zero-order valence-electron chi connectivity index (χ0n) is 35.4. The van der Waals surface area contributed by atoms with E-state index in [0.29, 0.717) is 19.3 Å². The fraction of sp³-hybridized carbons (Fsp3) is 0.889. The van der Waals surface area contributed by atoms with E-state index in [1.54, 1.807) is 0 Å². The van der Waals surface area contributed by atoms with E-state index in [1.165, 1.54) is 96.3 Å². The van der Waals surface area contributed by atoms with Gasteiger partial charge >= 0.3 is 0 Å². The highest BCUT2D eigenvalue weighted by atomic mass is 16.7. The number of aliphatic hydroxyl groups excluding tert-OH is 7. The number of rotatable bonds is 37. The highest BCUT2D eigenvalue weighted by molar-refractivity contribution is 5.80. The Labute approximate surface area is 340 Å². The fourth-order valence-corrected chi connectivity index (χ4v) is 7.14. The second-order valence-corrected chi connectivity index (χ2v) is 16.1. The van der Waals surface area contributed by atoms with Crippen molar-refractivity contribution < 1.29 is 50.0 Å². The third kappa shape index (κ3) is 25.2. The summed E-state index contributed by atoms with van der Waals surface area (Å²) in [6.45, 7) is 3.37. The first-order valence-electron chi connectivity index (χ1n) is 22.7. The first-order valence-corrected chi connectivity index (χ1v) is 22.7. The molecular weight excluding hydrogens is 714 g/mol. The summed E-state index contributed by atoms with van der Waals surface area (Å²) in [5.41, 5.74) is 0. The van der Waals surface area contributed by atoms with Crippen molar-refractivity contribution >= 4 is 5.91 Å². The molecule has 0 aromatic carbocycles. The summed E-state index contributed by atoms with van der Waals surface area (Å²) >= 11 is 0. The van der Waals surface area contributed by atoms with Crippen molar-refractivity contribution in [3.63, 3.8) is 0 Å². The van der Waals surface area contributed by atoms with E-state index in [2.05, 4.69) is 43.5 Å².